The monoisotopic (exact) mass is 502 g/mol. The quantitative estimate of drug-likeness (QED) is 0.456. The van der Waals surface area contributed by atoms with Crippen LogP contribution in [-0.2, 0) is 6.54 Å². The smallest absolute Gasteiger partial charge is 0.224 e. The van der Waals surface area contributed by atoms with E-state index in [0.717, 1.165) is 81.3 Å². The molecule has 1 aromatic carbocycles. The molecule has 1 aliphatic heterocycles. The molecular formula is C30H42N6O. The van der Waals surface area contributed by atoms with Crippen LogP contribution < -0.4 is 5.32 Å². The Kier molecular flexibility index (Phi) is 7.19. The zero-order valence-electron chi connectivity index (χ0n) is 22.4. The van der Waals surface area contributed by atoms with Gasteiger partial charge in [-0.1, -0.05) is 37.1 Å². The maximum absolute atomic E-state index is 10.1. The number of anilines is 1. The van der Waals surface area contributed by atoms with Crippen molar-refractivity contribution in [3.8, 4) is 11.1 Å². The van der Waals surface area contributed by atoms with Crippen LogP contribution in [-0.4, -0.2) is 74.8 Å². The fourth-order valence-corrected chi connectivity index (χ4v) is 6.13. The lowest BCUT2D eigenvalue weighted by atomic mass is 9.93. The summed E-state index contributed by atoms with van der Waals surface area (Å²) in [6, 6.07) is 9.83. The molecule has 0 unspecified atom stereocenters. The maximum Gasteiger partial charge on any atom is 0.224 e. The van der Waals surface area contributed by atoms with E-state index in [9.17, 15) is 5.11 Å². The van der Waals surface area contributed by atoms with Crippen molar-refractivity contribution >= 4 is 17.0 Å². The van der Waals surface area contributed by atoms with E-state index in [2.05, 4.69) is 64.1 Å². The highest BCUT2D eigenvalue weighted by Gasteiger charge is 2.26. The molecule has 0 amide bonds. The van der Waals surface area contributed by atoms with Crippen LogP contribution in [0.15, 0.2) is 36.7 Å². The van der Waals surface area contributed by atoms with Gasteiger partial charge < -0.3 is 19.9 Å². The van der Waals surface area contributed by atoms with Crippen molar-refractivity contribution in [3.05, 3.63) is 42.2 Å². The summed E-state index contributed by atoms with van der Waals surface area (Å²) in [6.07, 6.45) is 11.7. The topological polar surface area (TPSA) is 69.5 Å². The SMILES string of the molecule is C[C@@H](CC1CC1)Nc1ncc2c(-c3ccc(CN4CCN(C)CC4)cc3)cn(C3CCC(O)CC3)c2n1. The molecule has 0 radical (unpaired) electrons. The Morgan fingerprint density at radius 1 is 1.00 bits per heavy atom. The highest BCUT2D eigenvalue weighted by molar-refractivity contribution is 5.94. The first-order valence-corrected chi connectivity index (χ1v) is 14.3. The Morgan fingerprint density at radius 3 is 2.43 bits per heavy atom. The standard InChI is InChI=1S/C30H42N6O/c1-21(17-22-3-4-22)32-30-31-18-27-28(20-36(29(27)33-30)25-9-11-26(37)12-10-25)24-7-5-23(6-8-24)19-35-15-13-34(2)14-16-35/h5-8,18,20-22,25-26,37H,3-4,9-17,19H2,1-2H3,(H,31,32,33)/t21-,25?,26?/m0/s1. The molecule has 198 valence electrons. The zero-order valence-corrected chi connectivity index (χ0v) is 22.4. The first-order valence-electron chi connectivity index (χ1n) is 14.3. The molecule has 0 bridgehead atoms. The highest BCUT2D eigenvalue weighted by atomic mass is 16.3. The normalized spacial score (nSPS) is 24.4. The number of benzene rings is 1. The average molecular weight is 503 g/mol. The number of nitrogens with zero attached hydrogens (tertiary/aromatic N) is 5. The molecule has 3 aliphatic rings. The van der Waals surface area contributed by atoms with Crippen LogP contribution >= 0.6 is 0 Å². The second-order valence-electron chi connectivity index (χ2n) is 11.8. The van der Waals surface area contributed by atoms with E-state index in [1.807, 2.05) is 6.20 Å². The highest BCUT2D eigenvalue weighted by Crippen LogP contribution is 2.37. The van der Waals surface area contributed by atoms with E-state index < -0.39 is 0 Å². The van der Waals surface area contributed by atoms with Gasteiger partial charge in [-0.3, -0.25) is 4.90 Å². The molecule has 1 atom stereocenters. The molecule has 2 aliphatic carbocycles. The minimum Gasteiger partial charge on any atom is -0.393 e. The van der Waals surface area contributed by atoms with Crippen LogP contribution in [0.3, 0.4) is 0 Å². The molecule has 3 aromatic rings. The van der Waals surface area contributed by atoms with Gasteiger partial charge in [0.05, 0.1) is 6.10 Å². The van der Waals surface area contributed by atoms with E-state index in [1.54, 1.807) is 0 Å². The summed E-state index contributed by atoms with van der Waals surface area (Å²) in [7, 11) is 2.20. The molecule has 2 N–H and O–H groups in total. The van der Waals surface area contributed by atoms with Crippen LogP contribution in [0.4, 0.5) is 5.95 Å². The predicted molar refractivity (Wildman–Crippen MR) is 150 cm³/mol. The molecule has 3 heterocycles. The van der Waals surface area contributed by atoms with Gasteiger partial charge in [-0.05, 0) is 63.1 Å². The minimum absolute atomic E-state index is 0.166. The molecule has 37 heavy (non-hydrogen) atoms. The third-order valence-electron chi connectivity index (χ3n) is 8.66. The summed E-state index contributed by atoms with van der Waals surface area (Å²) in [6.45, 7) is 7.81. The summed E-state index contributed by atoms with van der Waals surface area (Å²) in [5.74, 6) is 1.60. The lowest BCUT2D eigenvalue weighted by molar-refractivity contribution is 0.111. The number of likely N-dealkylation sites (N-methyl/N-ethyl adjacent to an activating group) is 1. The van der Waals surface area contributed by atoms with E-state index in [-0.39, 0.29) is 6.10 Å². The van der Waals surface area contributed by atoms with Gasteiger partial charge in [0.1, 0.15) is 5.65 Å². The van der Waals surface area contributed by atoms with E-state index in [0.29, 0.717) is 12.1 Å². The van der Waals surface area contributed by atoms with Crippen molar-refractivity contribution in [2.45, 2.75) is 76.6 Å². The summed E-state index contributed by atoms with van der Waals surface area (Å²) >= 11 is 0. The Bertz CT molecular complexity index is 1190. The number of aromatic nitrogens is 3. The Labute approximate surface area is 220 Å². The van der Waals surface area contributed by atoms with Crippen molar-refractivity contribution in [3.63, 3.8) is 0 Å². The van der Waals surface area contributed by atoms with Gasteiger partial charge >= 0.3 is 0 Å². The van der Waals surface area contributed by atoms with Crippen LogP contribution in [0.2, 0.25) is 0 Å². The molecule has 2 aromatic heterocycles. The van der Waals surface area contributed by atoms with Gasteiger partial charge in [0, 0.05) is 68.2 Å². The summed E-state index contributed by atoms with van der Waals surface area (Å²) in [4.78, 5) is 14.7. The molecule has 7 heteroatoms. The Balaban J connectivity index is 1.27. The molecule has 0 spiro atoms. The fourth-order valence-electron chi connectivity index (χ4n) is 6.13. The molecule has 3 fully saturated rings. The average Bonchev–Trinajstić information content (AvgIpc) is 3.64. The maximum atomic E-state index is 10.1. The van der Waals surface area contributed by atoms with Crippen LogP contribution in [0.1, 0.15) is 63.5 Å². The van der Waals surface area contributed by atoms with Gasteiger partial charge in [-0.15, -0.1) is 0 Å². The van der Waals surface area contributed by atoms with Gasteiger partial charge in [0.2, 0.25) is 5.95 Å². The Morgan fingerprint density at radius 2 is 1.73 bits per heavy atom. The summed E-state index contributed by atoms with van der Waals surface area (Å²) in [5.41, 5.74) is 4.79. The minimum atomic E-state index is -0.166. The summed E-state index contributed by atoms with van der Waals surface area (Å²) < 4.78 is 2.37. The fraction of sp³-hybridized carbons (Fsp3) is 0.600. The van der Waals surface area contributed by atoms with Crippen molar-refractivity contribution < 1.29 is 5.11 Å². The number of hydrogen-bond donors (Lipinski definition) is 2. The van der Waals surface area contributed by atoms with Gasteiger partial charge in [-0.2, -0.15) is 4.98 Å². The Hall–Kier alpha value is -2.48. The van der Waals surface area contributed by atoms with E-state index >= 15 is 0 Å². The number of hydrogen-bond acceptors (Lipinski definition) is 6. The number of fused-ring (bicyclic) bond motifs is 1. The lowest BCUT2D eigenvalue weighted by Gasteiger charge is -2.32. The van der Waals surface area contributed by atoms with Crippen molar-refractivity contribution in [2.24, 2.45) is 5.92 Å². The molecule has 1 saturated heterocycles. The zero-order chi connectivity index (χ0) is 25.4. The summed E-state index contributed by atoms with van der Waals surface area (Å²) in [5, 5.41) is 14.8. The van der Waals surface area contributed by atoms with Crippen molar-refractivity contribution in [2.75, 3.05) is 38.5 Å². The second kappa shape index (κ2) is 10.7. The second-order valence-corrected chi connectivity index (χ2v) is 11.8. The van der Waals surface area contributed by atoms with Crippen LogP contribution in [0.25, 0.3) is 22.2 Å². The molecule has 2 saturated carbocycles. The predicted octanol–water partition coefficient (Wildman–Crippen LogP) is 4.92. The van der Waals surface area contributed by atoms with Crippen molar-refractivity contribution in [1.82, 2.24) is 24.3 Å². The van der Waals surface area contributed by atoms with E-state index in [4.69, 9.17) is 9.97 Å². The van der Waals surface area contributed by atoms with E-state index in [1.165, 1.54) is 36.0 Å². The number of aliphatic hydroxyl groups is 1. The number of aliphatic hydroxyl groups excluding tert-OH is 1. The van der Waals surface area contributed by atoms with Crippen LogP contribution in [0.5, 0.6) is 0 Å². The first kappa shape index (κ1) is 24.8. The number of piperazine rings is 1. The van der Waals surface area contributed by atoms with Gasteiger partial charge in [0.25, 0.3) is 0 Å². The lowest BCUT2D eigenvalue weighted by Crippen LogP contribution is -2.43. The largest absolute Gasteiger partial charge is 0.393 e. The van der Waals surface area contributed by atoms with Crippen LogP contribution in [0, 0.1) is 5.92 Å². The van der Waals surface area contributed by atoms with Gasteiger partial charge in [-0.25, -0.2) is 4.98 Å². The third kappa shape index (κ3) is 5.84. The molecular weight excluding hydrogens is 460 g/mol. The number of nitrogens with one attached hydrogen (secondary N) is 1. The third-order valence-corrected chi connectivity index (χ3v) is 8.66. The molecule has 6 rings (SSSR count). The van der Waals surface area contributed by atoms with Crippen molar-refractivity contribution in [1.29, 1.82) is 0 Å². The first-order chi connectivity index (χ1) is 18.0. The molecule has 7 nitrogen and oxygen atoms in total. The van der Waals surface area contributed by atoms with Gasteiger partial charge in [0.15, 0.2) is 0 Å². The number of rotatable bonds is 8.